The van der Waals surface area contributed by atoms with Crippen molar-refractivity contribution in [3.05, 3.63) is 27.3 Å². The molecule has 0 aromatic carbocycles. The number of hydrogen-bond donors (Lipinski definition) is 3. The summed E-state index contributed by atoms with van der Waals surface area (Å²) in [5.74, 6) is 3.54. The topological polar surface area (TPSA) is 117 Å². The molecule has 1 aliphatic heterocycles. The Bertz CT molecular complexity index is 719. The van der Waals surface area contributed by atoms with Crippen molar-refractivity contribution in [2.24, 2.45) is 5.92 Å². The van der Waals surface area contributed by atoms with Gasteiger partial charge in [-0.1, -0.05) is 5.92 Å². The Balaban J connectivity index is 2.59. The molecule has 1 fully saturated rings. The van der Waals surface area contributed by atoms with Crippen molar-refractivity contribution in [1.29, 1.82) is 0 Å². The third kappa shape index (κ3) is 2.56. The van der Waals surface area contributed by atoms with Gasteiger partial charge < -0.3 is 14.9 Å². The van der Waals surface area contributed by atoms with Crippen LogP contribution in [-0.2, 0) is 4.74 Å². The summed E-state index contributed by atoms with van der Waals surface area (Å²) in [5.41, 5.74) is -4.22. The second kappa shape index (κ2) is 6.00. The van der Waals surface area contributed by atoms with Gasteiger partial charge in [0.15, 0.2) is 6.23 Å². The molecule has 5 atom stereocenters. The molecule has 8 nitrogen and oxygen atoms in total. The highest BCUT2D eigenvalue weighted by atomic mass is 19.1. The predicted octanol–water partition coefficient (Wildman–Crippen LogP) is -1.45. The van der Waals surface area contributed by atoms with Gasteiger partial charge in [-0.15, -0.1) is 5.92 Å². The molecule has 1 aliphatic rings. The number of nitrogens with one attached hydrogen (secondary N) is 1. The summed E-state index contributed by atoms with van der Waals surface area (Å²) in [7, 11) is 0. The van der Waals surface area contributed by atoms with Gasteiger partial charge in [0, 0.05) is 0 Å². The summed E-state index contributed by atoms with van der Waals surface area (Å²) in [6, 6.07) is 0. The van der Waals surface area contributed by atoms with E-state index in [0.717, 1.165) is 10.9 Å². The molecule has 1 aromatic heterocycles. The van der Waals surface area contributed by atoms with Gasteiger partial charge in [0.2, 0.25) is 5.67 Å². The Morgan fingerprint density at radius 2 is 2.32 bits per heavy atom. The van der Waals surface area contributed by atoms with Gasteiger partial charge in [0.1, 0.15) is 6.33 Å². The fourth-order valence-corrected chi connectivity index (χ4v) is 2.59. The summed E-state index contributed by atoms with van der Waals surface area (Å²) in [4.78, 5) is 28.1. The molecule has 0 bridgehead atoms. The van der Waals surface area contributed by atoms with Crippen molar-refractivity contribution in [2.75, 3.05) is 6.61 Å². The molecule has 0 spiro atoms. The lowest BCUT2D eigenvalue weighted by Gasteiger charge is -2.25. The zero-order chi connectivity index (χ0) is 16.5. The van der Waals surface area contributed by atoms with E-state index >= 15 is 4.39 Å². The minimum absolute atomic E-state index is 0.636. The summed E-state index contributed by atoms with van der Waals surface area (Å²) in [6.45, 7) is 2.14. The predicted molar refractivity (Wildman–Crippen MR) is 72.6 cm³/mol. The quantitative estimate of drug-likeness (QED) is 0.588. The van der Waals surface area contributed by atoms with Crippen LogP contribution in [-0.4, -0.2) is 49.2 Å². The molecule has 1 saturated heterocycles. The number of nitrogens with zero attached hydrogens (tertiary/aromatic N) is 2. The number of rotatable bonds is 3. The van der Waals surface area contributed by atoms with E-state index < -0.39 is 48.0 Å². The Labute approximate surface area is 124 Å². The maximum atomic E-state index is 15.4. The zero-order valence-corrected chi connectivity index (χ0v) is 12.0. The standard InChI is InChI=1S/C13H16FN3O5/c1-3-4-13(14)8(5-18)9(7(2)19)22-10(13)17-6-15-11(20)16-12(17)21/h6-10,18-19H,5H2,1-2H3,(H,16,20,21)/t7-,8?,9+,10+,13?/m0/s1. The van der Waals surface area contributed by atoms with E-state index in [1.807, 2.05) is 4.98 Å². The molecule has 22 heavy (non-hydrogen) atoms. The Morgan fingerprint density at radius 1 is 1.64 bits per heavy atom. The number of hydrogen-bond acceptors (Lipinski definition) is 6. The van der Waals surface area contributed by atoms with Crippen LogP contribution in [0, 0.1) is 17.8 Å². The lowest BCUT2D eigenvalue weighted by Crippen LogP contribution is -2.44. The van der Waals surface area contributed by atoms with Crippen molar-refractivity contribution in [3.8, 4) is 11.8 Å². The Hall–Kier alpha value is -2.02. The molecule has 0 aliphatic carbocycles. The average Bonchev–Trinajstić information content (AvgIpc) is 2.72. The summed E-state index contributed by atoms with van der Waals surface area (Å²) >= 11 is 0. The molecule has 0 saturated carbocycles. The summed E-state index contributed by atoms with van der Waals surface area (Å²) in [6.07, 6.45) is -2.87. The van der Waals surface area contributed by atoms with Gasteiger partial charge >= 0.3 is 11.4 Å². The van der Waals surface area contributed by atoms with Crippen molar-refractivity contribution in [3.63, 3.8) is 0 Å². The first-order chi connectivity index (χ1) is 10.3. The number of aliphatic hydroxyl groups is 2. The first-order valence-electron chi connectivity index (χ1n) is 6.59. The van der Waals surface area contributed by atoms with Crippen molar-refractivity contribution in [2.45, 2.75) is 38.0 Å². The van der Waals surface area contributed by atoms with Gasteiger partial charge in [-0.3, -0.25) is 9.55 Å². The van der Waals surface area contributed by atoms with Crippen LogP contribution in [0.4, 0.5) is 4.39 Å². The number of ether oxygens (including phenoxy) is 1. The number of H-pyrrole nitrogens is 1. The Kier molecular flexibility index (Phi) is 4.46. The number of aliphatic hydroxyl groups excluding tert-OH is 2. The highest BCUT2D eigenvalue weighted by molar-refractivity contribution is 5.22. The second-order valence-corrected chi connectivity index (χ2v) is 5.01. The van der Waals surface area contributed by atoms with Gasteiger partial charge in [-0.05, 0) is 13.8 Å². The van der Waals surface area contributed by atoms with Crippen molar-refractivity contribution < 1.29 is 19.3 Å². The fourth-order valence-electron chi connectivity index (χ4n) is 2.59. The lowest BCUT2D eigenvalue weighted by molar-refractivity contribution is -0.0767. The van der Waals surface area contributed by atoms with E-state index in [1.165, 1.54) is 13.8 Å². The average molecular weight is 313 g/mol. The first kappa shape index (κ1) is 16.4. The van der Waals surface area contributed by atoms with Crippen molar-refractivity contribution in [1.82, 2.24) is 14.5 Å². The van der Waals surface area contributed by atoms with E-state index in [1.54, 1.807) is 0 Å². The van der Waals surface area contributed by atoms with Gasteiger partial charge in [-0.25, -0.2) is 14.0 Å². The van der Waals surface area contributed by atoms with E-state index in [4.69, 9.17) is 4.74 Å². The van der Waals surface area contributed by atoms with Crippen LogP contribution in [0.25, 0.3) is 0 Å². The SMILES string of the molecule is CC#CC1(F)C(CO)[C@@H]([C@H](C)O)O[C@H]1n1cnc(=O)[nH]c1=O. The summed E-state index contributed by atoms with van der Waals surface area (Å²) in [5, 5.41) is 19.2. The second-order valence-electron chi connectivity index (χ2n) is 5.01. The molecular weight excluding hydrogens is 297 g/mol. The molecule has 9 heteroatoms. The van der Waals surface area contributed by atoms with Gasteiger partial charge in [0.25, 0.3) is 0 Å². The fraction of sp³-hybridized carbons (Fsp3) is 0.615. The van der Waals surface area contributed by atoms with Crippen LogP contribution in [0.1, 0.15) is 20.1 Å². The molecule has 2 unspecified atom stereocenters. The highest BCUT2D eigenvalue weighted by Gasteiger charge is 2.59. The van der Waals surface area contributed by atoms with Crippen LogP contribution in [0.15, 0.2) is 15.9 Å². The lowest BCUT2D eigenvalue weighted by atomic mass is 9.85. The summed E-state index contributed by atoms with van der Waals surface area (Å²) < 4.78 is 21.5. The van der Waals surface area contributed by atoms with Gasteiger partial charge in [0.05, 0.1) is 24.7 Å². The van der Waals surface area contributed by atoms with Crippen LogP contribution in [0.3, 0.4) is 0 Å². The molecule has 2 heterocycles. The van der Waals surface area contributed by atoms with E-state index in [-0.39, 0.29) is 0 Å². The number of aromatic amines is 1. The molecular formula is C13H16FN3O5. The largest absolute Gasteiger partial charge is 0.396 e. The highest BCUT2D eigenvalue weighted by Crippen LogP contribution is 2.45. The number of halogens is 1. The van der Waals surface area contributed by atoms with Crippen LogP contribution in [0.2, 0.25) is 0 Å². The van der Waals surface area contributed by atoms with Crippen LogP contribution in [0.5, 0.6) is 0 Å². The third-order valence-corrected chi connectivity index (χ3v) is 3.57. The van der Waals surface area contributed by atoms with E-state index in [2.05, 4.69) is 16.8 Å². The number of alkyl halides is 1. The maximum absolute atomic E-state index is 15.4. The van der Waals surface area contributed by atoms with Crippen LogP contribution < -0.4 is 11.4 Å². The smallest absolute Gasteiger partial charge is 0.350 e. The van der Waals surface area contributed by atoms with Crippen molar-refractivity contribution >= 4 is 0 Å². The van der Waals surface area contributed by atoms with E-state index in [9.17, 15) is 19.8 Å². The van der Waals surface area contributed by atoms with Crippen LogP contribution >= 0.6 is 0 Å². The van der Waals surface area contributed by atoms with E-state index in [0.29, 0.717) is 0 Å². The van der Waals surface area contributed by atoms with Gasteiger partial charge in [-0.2, -0.15) is 4.98 Å². The minimum atomic E-state index is -2.42. The third-order valence-electron chi connectivity index (χ3n) is 3.57. The molecule has 0 radical (unpaired) electrons. The zero-order valence-electron chi connectivity index (χ0n) is 12.0. The first-order valence-corrected chi connectivity index (χ1v) is 6.59. The normalized spacial score (nSPS) is 32.3. The molecule has 1 aromatic rings. The molecule has 0 amide bonds. The maximum Gasteiger partial charge on any atom is 0.350 e. The number of aromatic nitrogens is 3. The molecule has 120 valence electrons. The molecule has 2 rings (SSSR count). The monoisotopic (exact) mass is 313 g/mol. The minimum Gasteiger partial charge on any atom is -0.396 e. The Morgan fingerprint density at radius 3 is 2.82 bits per heavy atom. The molecule has 3 N–H and O–H groups in total.